The van der Waals surface area contributed by atoms with E-state index in [1.54, 1.807) is 6.08 Å². The molecule has 5 rings (SSSR count). The van der Waals surface area contributed by atoms with Gasteiger partial charge in [0.2, 0.25) is 0 Å². The van der Waals surface area contributed by atoms with Gasteiger partial charge in [0, 0.05) is 11.5 Å². The highest BCUT2D eigenvalue weighted by Gasteiger charge is 2.65. The maximum atomic E-state index is 12.0. The summed E-state index contributed by atoms with van der Waals surface area (Å²) in [4.78, 5) is 11.6. The van der Waals surface area contributed by atoms with Crippen molar-refractivity contribution in [3.05, 3.63) is 11.6 Å². The van der Waals surface area contributed by atoms with Crippen LogP contribution in [-0.2, 0) is 9.53 Å². The van der Waals surface area contributed by atoms with Crippen molar-refractivity contribution in [2.24, 2.45) is 35.0 Å². The highest BCUT2D eigenvalue weighted by molar-refractivity contribution is 5.85. The van der Waals surface area contributed by atoms with Gasteiger partial charge in [-0.05, 0) is 93.0 Å². The highest BCUT2D eigenvalue weighted by Crippen LogP contribution is 2.67. The number of hydrogen-bond acceptors (Lipinski definition) is 4. The number of rotatable bonds is 1. The molecule has 4 aliphatic carbocycles. The van der Waals surface area contributed by atoms with Crippen molar-refractivity contribution in [2.75, 3.05) is 6.61 Å². The molecular formula is C22H32O4. The van der Waals surface area contributed by atoms with Crippen LogP contribution < -0.4 is 0 Å². The summed E-state index contributed by atoms with van der Waals surface area (Å²) in [5.74, 6) is 2.43. The van der Waals surface area contributed by atoms with Gasteiger partial charge in [0.15, 0.2) is 0 Å². The zero-order valence-electron chi connectivity index (χ0n) is 15.8. The second kappa shape index (κ2) is 5.81. The minimum Gasteiger partial charge on any atom is -0.458 e. The number of carbonyl (C=O) groups excluding carboxylic acids is 1. The molecule has 1 aliphatic heterocycles. The van der Waals surface area contributed by atoms with Crippen LogP contribution in [0, 0.1) is 35.0 Å². The van der Waals surface area contributed by atoms with Crippen molar-refractivity contribution in [3.63, 3.8) is 0 Å². The molecule has 26 heavy (non-hydrogen) atoms. The van der Waals surface area contributed by atoms with Crippen LogP contribution in [0.15, 0.2) is 11.6 Å². The molecule has 0 bridgehead atoms. The number of esters is 1. The van der Waals surface area contributed by atoms with E-state index in [2.05, 4.69) is 6.92 Å². The first-order chi connectivity index (χ1) is 12.4. The van der Waals surface area contributed by atoms with Gasteiger partial charge in [-0.25, -0.2) is 4.79 Å². The minimum absolute atomic E-state index is 0.104. The summed E-state index contributed by atoms with van der Waals surface area (Å²) in [6.07, 6.45) is 11.0. The van der Waals surface area contributed by atoms with Crippen LogP contribution in [0.4, 0.5) is 0 Å². The first kappa shape index (κ1) is 17.2. The molecular weight excluding hydrogens is 328 g/mol. The topological polar surface area (TPSA) is 66.8 Å². The van der Waals surface area contributed by atoms with Crippen LogP contribution >= 0.6 is 0 Å². The fourth-order valence-electron chi connectivity index (χ4n) is 7.99. The van der Waals surface area contributed by atoms with Crippen molar-refractivity contribution < 1.29 is 19.7 Å². The number of hydrogen-bond donors (Lipinski definition) is 2. The average molecular weight is 360 g/mol. The molecule has 4 fully saturated rings. The molecule has 0 saturated heterocycles. The predicted molar refractivity (Wildman–Crippen MR) is 97.1 cm³/mol. The molecule has 2 N–H and O–H groups in total. The fourth-order valence-corrected chi connectivity index (χ4v) is 7.99. The second-order valence-electron chi connectivity index (χ2n) is 10.0. The Kier molecular flexibility index (Phi) is 3.85. The van der Waals surface area contributed by atoms with Gasteiger partial charge in [-0.2, -0.15) is 0 Å². The molecule has 0 unspecified atom stereocenters. The van der Waals surface area contributed by atoms with E-state index in [0.29, 0.717) is 30.3 Å². The van der Waals surface area contributed by atoms with E-state index in [0.717, 1.165) is 56.9 Å². The maximum Gasteiger partial charge on any atom is 0.331 e. The monoisotopic (exact) mass is 360 g/mol. The summed E-state index contributed by atoms with van der Waals surface area (Å²) < 4.78 is 5.19. The Morgan fingerprint density at radius 1 is 1.08 bits per heavy atom. The van der Waals surface area contributed by atoms with Crippen LogP contribution in [0.3, 0.4) is 0 Å². The summed E-state index contributed by atoms with van der Waals surface area (Å²) in [5, 5.41) is 22.1. The number of cyclic esters (lactones) is 1. The number of aliphatic hydroxyl groups excluding tert-OH is 1. The van der Waals surface area contributed by atoms with E-state index >= 15 is 0 Å². The van der Waals surface area contributed by atoms with Gasteiger partial charge < -0.3 is 14.9 Å². The normalized spacial score (nSPS) is 53.3. The zero-order valence-corrected chi connectivity index (χ0v) is 15.8. The van der Waals surface area contributed by atoms with Crippen molar-refractivity contribution in [2.45, 2.75) is 76.4 Å². The first-order valence-corrected chi connectivity index (χ1v) is 10.7. The molecule has 1 heterocycles. The molecule has 4 heteroatoms. The first-order valence-electron chi connectivity index (χ1n) is 10.7. The lowest BCUT2D eigenvalue weighted by atomic mass is 9.47. The standard InChI is InChI=1S/C22H32O4/c1-21-8-6-17-16-4-3-15(23)10-13(16)2-5-19(17)22(21,25)9-7-18(21)14-11-20(24)26-12-14/h11,13,15-19,23,25H,2-10,12H2,1H3/t13-,15+,16+,17-,18-,19-,21-,22+/m1/s1. The van der Waals surface area contributed by atoms with E-state index in [1.165, 1.54) is 6.42 Å². The molecule has 4 nitrogen and oxygen atoms in total. The van der Waals surface area contributed by atoms with Crippen LogP contribution in [0.5, 0.6) is 0 Å². The van der Waals surface area contributed by atoms with Crippen LogP contribution in [-0.4, -0.2) is 34.5 Å². The lowest BCUT2D eigenvalue weighted by Gasteiger charge is -2.60. The number of carbonyl (C=O) groups is 1. The molecule has 0 radical (unpaired) electrons. The fraction of sp³-hybridized carbons (Fsp3) is 0.864. The Balaban J connectivity index is 1.43. The van der Waals surface area contributed by atoms with Crippen LogP contribution in [0.25, 0.3) is 0 Å². The van der Waals surface area contributed by atoms with E-state index in [-0.39, 0.29) is 23.4 Å². The molecule has 144 valence electrons. The number of aliphatic hydroxyl groups is 2. The quantitative estimate of drug-likeness (QED) is 0.705. The summed E-state index contributed by atoms with van der Waals surface area (Å²) >= 11 is 0. The summed E-state index contributed by atoms with van der Waals surface area (Å²) in [7, 11) is 0. The molecule has 5 aliphatic rings. The van der Waals surface area contributed by atoms with Crippen molar-refractivity contribution >= 4 is 5.97 Å². The smallest absolute Gasteiger partial charge is 0.331 e. The Hall–Kier alpha value is -0.870. The van der Waals surface area contributed by atoms with Gasteiger partial charge in [-0.15, -0.1) is 0 Å². The average Bonchev–Trinajstić information content (AvgIpc) is 3.15. The van der Waals surface area contributed by atoms with Crippen LogP contribution in [0.1, 0.15) is 64.7 Å². The molecule has 0 amide bonds. The van der Waals surface area contributed by atoms with Gasteiger partial charge in [0.1, 0.15) is 6.61 Å². The van der Waals surface area contributed by atoms with E-state index in [1.807, 2.05) is 0 Å². The third kappa shape index (κ3) is 2.24. The molecule has 0 aromatic rings. The Morgan fingerprint density at radius 2 is 1.92 bits per heavy atom. The van der Waals surface area contributed by atoms with Gasteiger partial charge in [-0.3, -0.25) is 0 Å². The van der Waals surface area contributed by atoms with Gasteiger partial charge in [0.25, 0.3) is 0 Å². The van der Waals surface area contributed by atoms with Crippen molar-refractivity contribution in [1.82, 2.24) is 0 Å². The Bertz CT molecular complexity index is 642. The van der Waals surface area contributed by atoms with Gasteiger partial charge in [0.05, 0.1) is 11.7 Å². The van der Waals surface area contributed by atoms with Crippen molar-refractivity contribution in [1.29, 1.82) is 0 Å². The number of ether oxygens (including phenoxy) is 1. The van der Waals surface area contributed by atoms with Crippen molar-refractivity contribution in [3.8, 4) is 0 Å². The largest absolute Gasteiger partial charge is 0.458 e. The summed E-state index contributed by atoms with van der Waals surface area (Å²) in [6, 6.07) is 0. The summed E-state index contributed by atoms with van der Waals surface area (Å²) in [5.41, 5.74) is 0.379. The van der Waals surface area contributed by atoms with E-state index < -0.39 is 5.60 Å². The second-order valence-corrected chi connectivity index (χ2v) is 10.0. The molecule has 0 aromatic heterocycles. The Morgan fingerprint density at radius 3 is 2.69 bits per heavy atom. The van der Waals surface area contributed by atoms with Gasteiger partial charge in [-0.1, -0.05) is 6.92 Å². The Labute approximate surface area is 156 Å². The maximum absolute atomic E-state index is 12.0. The van der Waals surface area contributed by atoms with Gasteiger partial charge >= 0.3 is 5.97 Å². The molecule has 0 spiro atoms. The van der Waals surface area contributed by atoms with E-state index in [4.69, 9.17) is 4.74 Å². The minimum atomic E-state index is -0.603. The van der Waals surface area contributed by atoms with E-state index in [9.17, 15) is 15.0 Å². The lowest BCUT2D eigenvalue weighted by molar-refractivity contribution is -0.186. The molecule has 0 aromatic carbocycles. The summed E-state index contributed by atoms with van der Waals surface area (Å²) in [6.45, 7) is 2.70. The van der Waals surface area contributed by atoms with Crippen LogP contribution in [0.2, 0.25) is 0 Å². The highest BCUT2D eigenvalue weighted by atomic mass is 16.5. The third-order valence-electron chi connectivity index (χ3n) is 9.24. The third-order valence-corrected chi connectivity index (χ3v) is 9.24. The lowest BCUT2D eigenvalue weighted by Crippen LogP contribution is -2.59. The zero-order chi connectivity index (χ0) is 18.1. The SMILES string of the molecule is C[C@]12CC[C@@H]3[C@H]4CC[C@H](O)C[C@H]4CC[C@H]3[C@@]1(O)CC[C@@H]2C1=CC(=O)OC1. The molecule has 4 saturated carbocycles. The predicted octanol–water partition coefficient (Wildman–Crippen LogP) is 3.21. The number of fused-ring (bicyclic) bond motifs is 5. The molecule has 8 atom stereocenters.